The third kappa shape index (κ3) is 5.01. The molecule has 1 heterocycles. The van der Waals surface area contributed by atoms with Crippen molar-refractivity contribution in [3.8, 4) is 0 Å². The van der Waals surface area contributed by atoms with Crippen LogP contribution in [0.1, 0.15) is 45.4 Å². The van der Waals surface area contributed by atoms with E-state index < -0.39 is 0 Å². The van der Waals surface area contributed by atoms with Gasteiger partial charge in [0.05, 0.1) is 11.9 Å². The van der Waals surface area contributed by atoms with E-state index in [1.165, 1.54) is 25.7 Å². The Hall–Kier alpha value is -1.62. The molecule has 5 heteroatoms. The van der Waals surface area contributed by atoms with Gasteiger partial charge < -0.3 is 16.4 Å². The first-order valence-corrected chi connectivity index (χ1v) is 7.91. The van der Waals surface area contributed by atoms with Crippen molar-refractivity contribution in [2.24, 2.45) is 11.7 Å². The fourth-order valence-corrected chi connectivity index (χ4v) is 2.76. The average molecular weight is 290 g/mol. The molecule has 21 heavy (non-hydrogen) atoms. The molecule has 0 aromatic carbocycles. The van der Waals surface area contributed by atoms with Gasteiger partial charge in [-0.05, 0) is 43.9 Å². The Labute approximate surface area is 126 Å². The average Bonchev–Trinajstić information content (AvgIpc) is 2.49. The summed E-state index contributed by atoms with van der Waals surface area (Å²) < 4.78 is 0. The second kappa shape index (κ2) is 7.98. The molecule has 1 aliphatic carbocycles. The first-order valence-electron chi connectivity index (χ1n) is 7.91. The Bertz CT molecular complexity index is 446. The summed E-state index contributed by atoms with van der Waals surface area (Å²) in [7, 11) is 0. The fourth-order valence-electron chi connectivity index (χ4n) is 2.76. The summed E-state index contributed by atoms with van der Waals surface area (Å²) in [6.45, 7) is 2.83. The van der Waals surface area contributed by atoms with Gasteiger partial charge in [-0.25, -0.2) is 4.98 Å². The van der Waals surface area contributed by atoms with Gasteiger partial charge in [-0.1, -0.05) is 19.8 Å². The van der Waals surface area contributed by atoms with Crippen LogP contribution in [0.15, 0.2) is 18.3 Å². The normalized spacial score (nSPS) is 21.8. The number of nitrogens with one attached hydrogen (secondary N) is 2. The van der Waals surface area contributed by atoms with E-state index in [-0.39, 0.29) is 5.91 Å². The molecule has 1 fully saturated rings. The number of nitrogens with two attached hydrogens (primary N) is 1. The Balaban J connectivity index is 1.85. The largest absolute Gasteiger partial charge is 0.367 e. The highest BCUT2D eigenvalue weighted by Gasteiger charge is 2.21. The molecule has 4 N–H and O–H groups in total. The van der Waals surface area contributed by atoms with Gasteiger partial charge in [-0.3, -0.25) is 4.79 Å². The van der Waals surface area contributed by atoms with Crippen molar-refractivity contribution in [3.63, 3.8) is 0 Å². The van der Waals surface area contributed by atoms with Crippen molar-refractivity contribution >= 4 is 17.4 Å². The Morgan fingerprint density at radius 1 is 1.38 bits per heavy atom. The number of hydrogen-bond donors (Lipinski definition) is 3. The molecule has 0 bridgehead atoms. The molecule has 2 atom stereocenters. The summed E-state index contributed by atoms with van der Waals surface area (Å²) in [5.41, 5.74) is 6.12. The number of nitrogens with zero attached hydrogens (tertiary/aromatic N) is 1. The summed E-state index contributed by atoms with van der Waals surface area (Å²) >= 11 is 0. The molecule has 2 unspecified atom stereocenters. The standard InChI is InChI=1S/C16H26N4O/c1-12-5-2-3-6-14(12)20-15-9-8-13(11-18-15)19-16(21)7-4-10-17/h8-9,11-12,14H,2-7,10,17H2,1H3,(H,18,20)(H,19,21). The fraction of sp³-hybridized carbons (Fsp3) is 0.625. The molecule has 0 aliphatic heterocycles. The molecule has 1 aromatic rings. The number of amides is 1. The second-order valence-electron chi connectivity index (χ2n) is 5.89. The summed E-state index contributed by atoms with van der Waals surface area (Å²) in [5, 5.41) is 6.34. The van der Waals surface area contributed by atoms with Crippen LogP contribution in [0.25, 0.3) is 0 Å². The van der Waals surface area contributed by atoms with Crippen LogP contribution in [-0.2, 0) is 4.79 Å². The summed E-state index contributed by atoms with van der Waals surface area (Å²) in [6.07, 6.45) is 7.98. The monoisotopic (exact) mass is 290 g/mol. The molecule has 0 spiro atoms. The smallest absolute Gasteiger partial charge is 0.224 e. The maximum atomic E-state index is 11.6. The maximum absolute atomic E-state index is 11.6. The molecule has 116 valence electrons. The van der Waals surface area contributed by atoms with Crippen LogP contribution in [0.5, 0.6) is 0 Å². The van der Waals surface area contributed by atoms with Crippen molar-refractivity contribution in [1.29, 1.82) is 0 Å². The lowest BCUT2D eigenvalue weighted by Gasteiger charge is -2.29. The summed E-state index contributed by atoms with van der Waals surface area (Å²) in [6, 6.07) is 4.33. The van der Waals surface area contributed by atoms with E-state index >= 15 is 0 Å². The number of carbonyl (C=O) groups is 1. The summed E-state index contributed by atoms with van der Waals surface area (Å²) in [5.74, 6) is 1.56. The zero-order chi connectivity index (χ0) is 15.1. The molecular weight excluding hydrogens is 264 g/mol. The van der Waals surface area contributed by atoms with Crippen LogP contribution in [0.4, 0.5) is 11.5 Å². The molecule has 2 rings (SSSR count). The third-order valence-electron chi connectivity index (χ3n) is 4.10. The topological polar surface area (TPSA) is 80.0 Å². The lowest BCUT2D eigenvalue weighted by Crippen LogP contribution is -2.30. The van der Waals surface area contributed by atoms with Gasteiger partial charge in [0.1, 0.15) is 5.82 Å². The predicted octanol–water partition coefficient (Wildman–Crippen LogP) is 2.75. The Kier molecular flexibility index (Phi) is 5.99. The Morgan fingerprint density at radius 2 is 2.19 bits per heavy atom. The lowest BCUT2D eigenvalue weighted by molar-refractivity contribution is -0.116. The lowest BCUT2D eigenvalue weighted by atomic mass is 9.86. The highest BCUT2D eigenvalue weighted by Crippen LogP contribution is 2.26. The van der Waals surface area contributed by atoms with E-state index in [0.29, 0.717) is 31.3 Å². The van der Waals surface area contributed by atoms with Gasteiger partial charge in [0, 0.05) is 12.5 Å². The van der Waals surface area contributed by atoms with Crippen LogP contribution in [0.3, 0.4) is 0 Å². The number of rotatable bonds is 6. The minimum absolute atomic E-state index is 0.0103. The first kappa shape index (κ1) is 15.8. The van der Waals surface area contributed by atoms with E-state index in [4.69, 9.17) is 5.73 Å². The molecule has 0 saturated heterocycles. The molecule has 1 saturated carbocycles. The molecule has 0 radical (unpaired) electrons. The number of pyridine rings is 1. The van der Waals surface area contributed by atoms with Gasteiger partial charge >= 0.3 is 0 Å². The number of hydrogen-bond acceptors (Lipinski definition) is 4. The van der Waals surface area contributed by atoms with Crippen molar-refractivity contribution in [1.82, 2.24) is 4.98 Å². The SMILES string of the molecule is CC1CCCCC1Nc1ccc(NC(=O)CCCN)cn1. The van der Waals surface area contributed by atoms with E-state index in [1.54, 1.807) is 6.20 Å². The molecule has 1 aromatic heterocycles. The van der Waals surface area contributed by atoms with Crippen LogP contribution < -0.4 is 16.4 Å². The Morgan fingerprint density at radius 3 is 2.86 bits per heavy atom. The number of aromatic nitrogens is 1. The highest BCUT2D eigenvalue weighted by molar-refractivity contribution is 5.90. The molecule has 1 aliphatic rings. The van der Waals surface area contributed by atoms with Gasteiger partial charge in [-0.15, -0.1) is 0 Å². The summed E-state index contributed by atoms with van der Waals surface area (Å²) in [4.78, 5) is 16.0. The van der Waals surface area contributed by atoms with Gasteiger partial charge in [0.2, 0.25) is 5.91 Å². The maximum Gasteiger partial charge on any atom is 0.224 e. The minimum atomic E-state index is -0.0103. The zero-order valence-electron chi connectivity index (χ0n) is 12.8. The van der Waals surface area contributed by atoms with E-state index in [1.807, 2.05) is 12.1 Å². The zero-order valence-corrected chi connectivity index (χ0v) is 12.8. The van der Waals surface area contributed by atoms with Crippen molar-refractivity contribution in [2.75, 3.05) is 17.2 Å². The van der Waals surface area contributed by atoms with Crippen LogP contribution >= 0.6 is 0 Å². The quantitative estimate of drug-likeness (QED) is 0.752. The second-order valence-corrected chi connectivity index (χ2v) is 5.89. The van der Waals surface area contributed by atoms with Gasteiger partial charge in [0.15, 0.2) is 0 Å². The minimum Gasteiger partial charge on any atom is -0.367 e. The third-order valence-corrected chi connectivity index (χ3v) is 4.10. The molecule has 5 nitrogen and oxygen atoms in total. The van der Waals surface area contributed by atoms with E-state index in [9.17, 15) is 4.79 Å². The van der Waals surface area contributed by atoms with Crippen LogP contribution in [0, 0.1) is 5.92 Å². The van der Waals surface area contributed by atoms with Crippen LogP contribution in [0.2, 0.25) is 0 Å². The van der Waals surface area contributed by atoms with Crippen molar-refractivity contribution in [2.45, 2.75) is 51.5 Å². The van der Waals surface area contributed by atoms with Crippen molar-refractivity contribution in [3.05, 3.63) is 18.3 Å². The van der Waals surface area contributed by atoms with E-state index in [0.717, 1.165) is 11.5 Å². The number of anilines is 2. The van der Waals surface area contributed by atoms with E-state index in [2.05, 4.69) is 22.5 Å². The predicted molar refractivity (Wildman–Crippen MR) is 86.2 cm³/mol. The first-order chi connectivity index (χ1) is 10.2. The van der Waals surface area contributed by atoms with Crippen molar-refractivity contribution < 1.29 is 4.79 Å². The van der Waals surface area contributed by atoms with Gasteiger partial charge in [-0.2, -0.15) is 0 Å². The van der Waals surface area contributed by atoms with Crippen LogP contribution in [-0.4, -0.2) is 23.5 Å². The molecule has 1 amide bonds. The van der Waals surface area contributed by atoms with Gasteiger partial charge in [0.25, 0.3) is 0 Å². The highest BCUT2D eigenvalue weighted by atomic mass is 16.1. The number of carbonyl (C=O) groups excluding carboxylic acids is 1. The molecular formula is C16H26N4O.